The van der Waals surface area contributed by atoms with Crippen molar-refractivity contribution in [1.29, 1.82) is 0 Å². The third-order valence-corrected chi connectivity index (χ3v) is 3.80. The number of hydrogen-bond donors (Lipinski definition) is 4. The molecule has 4 atom stereocenters. The number of aliphatic hydroxyl groups excluding tert-OH is 2. The Balaban J connectivity index is 1.89. The van der Waals surface area contributed by atoms with Crippen LogP contribution in [0, 0.1) is 5.92 Å². The topological polar surface area (TPSA) is 99.4 Å². The lowest BCUT2D eigenvalue weighted by Crippen LogP contribution is -2.47. The van der Waals surface area contributed by atoms with Gasteiger partial charge in [0.05, 0.1) is 19.3 Å². The van der Waals surface area contributed by atoms with Gasteiger partial charge in [0.1, 0.15) is 6.10 Å². The average Bonchev–Trinajstić information content (AvgIpc) is 2.52. The molecule has 0 aliphatic carbocycles. The van der Waals surface area contributed by atoms with Gasteiger partial charge in [-0.3, -0.25) is 0 Å². The van der Waals surface area contributed by atoms with E-state index >= 15 is 0 Å². The van der Waals surface area contributed by atoms with Gasteiger partial charge >= 0.3 is 0 Å². The maximum atomic E-state index is 10.1. The summed E-state index contributed by atoms with van der Waals surface area (Å²) in [6, 6.07) is 4.55. The van der Waals surface area contributed by atoms with Crippen molar-refractivity contribution in [1.82, 2.24) is 0 Å². The lowest BCUT2D eigenvalue weighted by molar-refractivity contribution is -0.255. The van der Waals surface area contributed by atoms with Crippen LogP contribution in [0.2, 0.25) is 0 Å². The number of hydrogen-bond acceptors (Lipinski definition) is 6. The lowest BCUT2D eigenvalue weighted by atomic mass is 9.92. The molecule has 122 valence electrons. The van der Waals surface area contributed by atoms with Crippen molar-refractivity contribution >= 4 is 0 Å². The molecule has 1 aromatic carbocycles. The highest BCUT2D eigenvalue weighted by atomic mass is 16.7. The maximum Gasteiger partial charge on any atom is 0.184 e. The molecule has 6 nitrogen and oxygen atoms in total. The molecule has 2 rings (SSSR count). The van der Waals surface area contributed by atoms with Crippen LogP contribution in [-0.4, -0.2) is 52.1 Å². The van der Waals surface area contributed by atoms with Crippen LogP contribution in [0.25, 0.3) is 0 Å². The number of ether oxygens (including phenoxy) is 2. The molecule has 1 fully saturated rings. The summed E-state index contributed by atoms with van der Waals surface area (Å²) in [5, 5.41) is 38.0. The van der Waals surface area contributed by atoms with Crippen molar-refractivity contribution in [3.8, 4) is 11.5 Å². The van der Waals surface area contributed by atoms with Crippen LogP contribution >= 0.6 is 0 Å². The van der Waals surface area contributed by atoms with Gasteiger partial charge in [-0.25, -0.2) is 0 Å². The van der Waals surface area contributed by atoms with Gasteiger partial charge in [0.2, 0.25) is 0 Å². The van der Waals surface area contributed by atoms with Crippen molar-refractivity contribution in [2.45, 2.75) is 31.3 Å². The van der Waals surface area contributed by atoms with Gasteiger partial charge < -0.3 is 29.9 Å². The molecule has 6 heteroatoms. The second kappa shape index (κ2) is 7.60. The Bertz CT molecular complexity index is 503. The van der Waals surface area contributed by atoms with Gasteiger partial charge in [0, 0.05) is 5.92 Å². The summed E-state index contributed by atoms with van der Waals surface area (Å²) in [6.45, 7) is 3.82. The number of aliphatic hydroxyl groups is 2. The minimum atomic E-state index is -0.825. The van der Waals surface area contributed by atoms with E-state index in [4.69, 9.17) is 9.47 Å². The summed E-state index contributed by atoms with van der Waals surface area (Å²) < 4.78 is 11.1. The van der Waals surface area contributed by atoms with E-state index < -0.39 is 12.4 Å². The van der Waals surface area contributed by atoms with E-state index in [0.29, 0.717) is 12.8 Å². The third kappa shape index (κ3) is 3.98. The first-order valence-electron chi connectivity index (χ1n) is 7.24. The molecule has 1 saturated heterocycles. The molecule has 0 unspecified atom stereocenters. The Hall–Kier alpha value is -1.60. The van der Waals surface area contributed by atoms with Crippen LogP contribution in [-0.2, 0) is 15.9 Å². The van der Waals surface area contributed by atoms with Gasteiger partial charge in [-0.05, 0) is 30.5 Å². The van der Waals surface area contributed by atoms with Crippen LogP contribution in [0.15, 0.2) is 30.9 Å². The number of rotatable bonds is 6. The van der Waals surface area contributed by atoms with E-state index in [1.807, 2.05) is 0 Å². The maximum absolute atomic E-state index is 10.1. The molecular weight excluding hydrogens is 288 g/mol. The smallest absolute Gasteiger partial charge is 0.184 e. The second-order valence-electron chi connectivity index (χ2n) is 5.38. The monoisotopic (exact) mass is 310 g/mol. The van der Waals surface area contributed by atoms with Gasteiger partial charge in [-0.1, -0.05) is 12.1 Å². The molecule has 0 aromatic heterocycles. The predicted octanol–water partition coefficient (Wildman–Crippen LogP) is 0.927. The predicted molar refractivity (Wildman–Crippen MR) is 79.5 cm³/mol. The van der Waals surface area contributed by atoms with Crippen molar-refractivity contribution in [2.75, 3.05) is 13.2 Å². The summed E-state index contributed by atoms with van der Waals surface area (Å²) in [5.74, 6) is -0.539. The largest absolute Gasteiger partial charge is 0.504 e. The van der Waals surface area contributed by atoms with E-state index in [2.05, 4.69) is 6.58 Å². The Kier molecular flexibility index (Phi) is 5.79. The normalized spacial score (nSPS) is 28.5. The molecule has 22 heavy (non-hydrogen) atoms. The van der Waals surface area contributed by atoms with Gasteiger partial charge in [0.25, 0.3) is 0 Å². The number of phenols is 2. The van der Waals surface area contributed by atoms with Crippen LogP contribution in [0.1, 0.15) is 12.0 Å². The second-order valence-corrected chi connectivity index (χ2v) is 5.38. The van der Waals surface area contributed by atoms with Gasteiger partial charge in [-0.15, -0.1) is 6.58 Å². The minimum Gasteiger partial charge on any atom is -0.504 e. The first-order valence-corrected chi connectivity index (χ1v) is 7.24. The first kappa shape index (κ1) is 16.8. The SMILES string of the molecule is C=C[C@H]1C[C@@H](CO)O[C@@H](OCCc2ccc(O)c(O)c2)[C@@H]1O. The lowest BCUT2D eigenvalue weighted by Gasteiger charge is -2.37. The Morgan fingerprint density at radius 1 is 1.32 bits per heavy atom. The van der Waals surface area contributed by atoms with E-state index in [9.17, 15) is 20.4 Å². The molecule has 1 aliphatic heterocycles. The van der Waals surface area contributed by atoms with Crippen molar-refractivity contribution in [2.24, 2.45) is 5.92 Å². The summed E-state index contributed by atoms with van der Waals surface area (Å²) in [7, 11) is 0. The van der Waals surface area contributed by atoms with Crippen LogP contribution in [0.5, 0.6) is 11.5 Å². The van der Waals surface area contributed by atoms with Gasteiger partial charge in [0.15, 0.2) is 17.8 Å². The van der Waals surface area contributed by atoms with Crippen molar-refractivity contribution in [3.05, 3.63) is 36.4 Å². The van der Waals surface area contributed by atoms with E-state index in [0.717, 1.165) is 5.56 Å². The Morgan fingerprint density at radius 2 is 2.09 bits per heavy atom. The molecular formula is C16H22O6. The number of benzene rings is 1. The fourth-order valence-corrected chi connectivity index (χ4v) is 2.48. The van der Waals surface area contributed by atoms with Crippen LogP contribution in [0.3, 0.4) is 0 Å². The summed E-state index contributed by atoms with van der Waals surface area (Å²) >= 11 is 0. The highest BCUT2D eigenvalue weighted by molar-refractivity contribution is 5.40. The van der Waals surface area contributed by atoms with Gasteiger partial charge in [-0.2, -0.15) is 0 Å². The Labute approximate surface area is 129 Å². The fourth-order valence-electron chi connectivity index (χ4n) is 2.48. The zero-order valence-corrected chi connectivity index (χ0v) is 12.3. The van der Waals surface area contributed by atoms with Crippen LogP contribution in [0.4, 0.5) is 0 Å². The molecule has 1 heterocycles. The van der Waals surface area contributed by atoms with Crippen LogP contribution < -0.4 is 0 Å². The molecule has 0 amide bonds. The molecule has 1 aromatic rings. The molecule has 4 N–H and O–H groups in total. The Morgan fingerprint density at radius 3 is 2.73 bits per heavy atom. The third-order valence-electron chi connectivity index (χ3n) is 3.80. The average molecular weight is 310 g/mol. The molecule has 0 spiro atoms. The first-order chi connectivity index (χ1) is 10.5. The van der Waals surface area contributed by atoms with E-state index in [-0.39, 0.29) is 36.7 Å². The highest BCUT2D eigenvalue weighted by Gasteiger charge is 2.36. The van der Waals surface area contributed by atoms with Crippen molar-refractivity contribution in [3.63, 3.8) is 0 Å². The van der Waals surface area contributed by atoms with Crippen molar-refractivity contribution < 1.29 is 29.9 Å². The zero-order chi connectivity index (χ0) is 16.1. The molecule has 0 saturated carbocycles. The molecule has 0 bridgehead atoms. The highest BCUT2D eigenvalue weighted by Crippen LogP contribution is 2.28. The summed E-state index contributed by atoms with van der Waals surface area (Å²) in [4.78, 5) is 0. The minimum absolute atomic E-state index is 0.136. The molecule has 1 aliphatic rings. The van der Waals surface area contributed by atoms with E-state index in [1.165, 1.54) is 12.1 Å². The summed E-state index contributed by atoms with van der Waals surface area (Å²) in [5.41, 5.74) is 0.791. The standard InChI is InChI=1S/C16H22O6/c1-2-11-8-12(9-17)22-16(15(11)20)21-6-5-10-3-4-13(18)14(19)7-10/h2-4,7,11-12,15-20H,1,5-6,8-9H2/t11-,12-,15+,16+/m0/s1. The molecule has 0 radical (unpaired) electrons. The number of phenolic OH excluding ortho intramolecular Hbond substituents is 2. The fraction of sp³-hybridized carbons (Fsp3) is 0.500. The zero-order valence-electron chi connectivity index (χ0n) is 12.3. The quantitative estimate of drug-likeness (QED) is 0.461. The number of aromatic hydroxyl groups is 2. The van der Waals surface area contributed by atoms with E-state index in [1.54, 1.807) is 12.1 Å². The summed E-state index contributed by atoms with van der Waals surface area (Å²) in [6.07, 6.45) is 0.613.